The lowest BCUT2D eigenvalue weighted by Crippen LogP contribution is -2.07. The Morgan fingerprint density at radius 3 is 2.69 bits per heavy atom. The first-order valence-corrected chi connectivity index (χ1v) is 9.32. The second-order valence-corrected chi connectivity index (χ2v) is 7.15. The monoisotopic (exact) mass is 370 g/mol. The molecule has 0 aliphatic heterocycles. The average molecular weight is 371 g/mol. The predicted molar refractivity (Wildman–Crippen MR) is 105 cm³/mol. The highest BCUT2D eigenvalue weighted by molar-refractivity contribution is 6.31. The molecule has 0 spiro atoms. The van der Waals surface area contributed by atoms with Crippen LogP contribution in [0.1, 0.15) is 37.3 Å². The van der Waals surface area contributed by atoms with E-state index in [4.69, 9.17) is 21.4 Å². The Morgan fingerprint density at radius 2 is 2.00 bits per heavy atom. The van der Waals surface area contributed by atoms with Gasteiger partial charge in [-0.15, -0.1) is 0 Å². The molecule has 1 atom stereocenters. The van der Waals surface area contributed by atoms with Crippen LogP contribution in [0.2, 0.25) is 5.02 Å². The number of carbonyl (C=O) groups is 1. The second kappa shape index (κ2) is 8.41. The summed E-state index contributed by atoms with van der Waals surface area (Å²) in [6, 6.07) is 16.0. The molecule has 1 unspecified atom stereocenters. The van der Waals surface area contributed by atoms with E-state index < -0.39 is 5.97 Å². The molecule has 0 heterocycles. The van der Waals surface area contributed by atoms with Gasteiger partial charge in [-0.3, -0.25) is 4.79 Å². The van der Waals surface area contributed by atoms with E-state index in [1.165, 1.54) is 16.7 Å². The SMILES string of the molecule is CC1CCC(c2ccccc2)=C1COc1ccc(CCC(=O)O)c(Cl)c1. The van der Waals surface area contributed by atoms with Gasteiger partial charge in [-0.25, -0.2) is 0 Å². The zero-order chi connectivity index (χ0) is 18.5. The number of halogens is 1. The van der Waals surface area contributed by atoms with E-state index in [1.807, 2.05) is 18.2 Å². The van der Waals surface area contributed by atoms with E-state index in [9.17, 15) is 4.79 Å². The van der Waals surface area contributed by atoms with Crippen LogP contribution in [0.15, 0.2) is 54.1 Å². The number of hydrogen-bond donors (Lipinski definition) is 1. The summed E-state index contributed by atoms with van der Waals surface area (Å²) in [5.74, 6) is 0.403. The molecule has 0 saturated carbocycles. The molecule has 1 N–H and O–H groups in total. The first-order chi connectivity index (χ1) is 12.5. The minimum Gasteiger partial charge on any atom is -0.489 e. The Balaban J connectivity index is 1.71. The summed E-state index contributed by atoms with van der Waals surface area (Å²) in [4.78, 5) is 10.7. The third kappa shape index (κ3) is 4.47. The lowest BCUT2D eigenvalue weighted by atomic mass is 10.00. The van der Waals surface area contributed by atoms with E-state index in [-0.39, 0.29) is 6.42 Å². The molecule has 2 aromatic carbocycles. The smallest absolute Gasteiger partial charge is 0.303 e. The number of aliphatic carboxylic acids is 1. The summed E-state index contributed by atoms with van der Waals surface area (Å²) in [5, 5.41) is 9.35. The molecule has 0 amide bonds. The molecule has 0 fully saturated rings. The third-order valence-electron chi connectivity index (χ3n) is 4.96. The normalized spacial score (nSPS) is 16.8. The van der Waals surface area contributed by atoms with E-state index in [1.54, 1.807) is 6.07 Å². The van der Waals surface area contributed by atoms with Gasteiger partial charge in [0.2, 0.25) is 0 Å². The third-order valence-corrected chi connectivity index (χ3v) is 5.31. The van der Waals surface area contributed by atoms with Crippen molar-refractivity contribution in [1.29, 1.82) is 0 Å². The van der Waals surface area contributed by atoms with Crippen LogP contribution in [0.3, 0.4) is 0 Å². The molecule has 1 aliphatic carbocycles. The van der Waals surface area contributed by atoms with Gasteiger partial charge in [-0.1, -0.05) is 54.9 Å². The van der Waals surface area contributed by atoms with Gasteiger partial charge in [-0.05, 0) is 59.6 Å². The largest absolute Gasteiger partial charge is 0.489 e. The molecule has 1 aliphatic rings. The van der Waals surface area contributed by atoms with Crippen LogP contribution in [-0.2, 0) is 11.2 Å². The van der Waals surface area contributed by atoms with Crippen LogP contribution in [0, 0.1) is 5.92 Å². The Labute approximate surface area is 159 Å². The Kier molecular flexibility index (Phi) is 6.00. The van der Waals surface area contributed by atoms with Crippen molar-refractivity contribution in [3.8, 4) is 5.75 Å². The molecule has 3 nitrogen and oxygen atoms in total. The van der Waals surface area contributed by atoms with Crippen molar-refractivity contribution in [2.24, 2.45) is 5.92 Å². The van der Waals surface area contributed by atoms with Crippen molar-refractivity contribution in [2.75, 3.05) is 6.61 Å². The van der Waals surface area contributed by atoms with Crippen LogP contribution in [0.5, 0.6) is 5.75 Å². The van der Waals surface area contributed by atoms with E-state index in [0.29, 0.717) is 29.7 Å². The van der Waals surface area contributed by atoms with Gasteiger partial charge in [-0.2, -0.15) is 0 Å². The first kappa shape index (κ1) is 18.5. The van der Waals surface area contributed by atoms with Crippen LogP contribution < -0.4 is 4.74 Å². The number of ether oxygens (including phenoxy) is 1. The molecule has 0 aromatic heterocycles. The minimum atomic E-state index is -0.822. The summed E-state index contributed by atoms with van der Waals surface area (Å²) in [7, 11) is 0. The fraction of sp³-hybridized carbons (Fsp3) is 0.318. The molecule has 136 valence electrons. The maximum absolute atomic E-state index is 10.7. The zero-order valence-electron chi connectivity index (χ0n) is 14.9. The number of hydrogen-bond acceptors (Lipinski definition) is 2. The molecule has 0 bridgehead atoms. The summed E-state index contributed by atoms with van der Waals surface area (Å²) in [6.07, 6.45) is 2.73. The maximum Gasteiger partial charge on any atom is 0.303 e. The lowest BCUT2D eigenvalue weighted by Gasteiger charge is -2.14. The van der Waals surface area contributed by atoms with Gasteiger partial charge in [0, 0.05) is 11.4 Å². The lowest BCUT2D eigenvalue weighted by molar-refractivity contribution is -0.136. The Bertz CT molecular complexity index is 811. The van der Waals surface area contributed by atoms with Gasteiger partial charge in [0.15, 0.2) is 0 Å². The van der Waals surface area contributed by atoms with Gasteiger partial charge in [0.1, 0.15) is 12.4 Å². The number of carboxylic acids is 1. The molecular weight excluding hydrogens is 348 g/mol. The highest BCUT2D eigenvalue weighted by Gasteiger charge is 2.23. The average Bonchev–Trinajstić information content (AvgIpc) is 3.00. The van der Waals surface area contributed by atoms with Crippen molar-refractivity contribution >= 4 is 23.1 Å². The topological polar surface area (TPSA) is 46.5 Å². The van der Waals surface area contributed by atoms with E-state index in [2.05, 4.69) is 31.2 Å². The fourth-order valence-corrected chi connectivity index (χ4v) is 3.68. The number of benzene rings is 2. The van der Waals surface area contributed by atoms with Crippen LogP contribution >= 0.6 is 11.6 Å². The highest BCUT2D eigenvalue weighted by Crippen LogP contribution is 2.38. The van der Waals surface area contributed by atoms with Crippen molar-refractivity contribution in [3.05, 3.63) is 70.3 Å². The molecule has 4 heteroatoms. The standard InChI is InChI=1S/C22H23ClO3/c1-15-7-11-19(16-5-3-2-4-6-16)20(15)14-26-18-10-8-17(21(23)13-18)9-12-22(24)25/h2-6,8,10,13,15H,7,9,11-12,14H2,1H3,(H,24,25). The minimum absolute atomic E-state index is 0.0742. The molecular formula is C22H23ClO3. The summed E-state index contributed by atoms with van der Waals surface area (Å²) in [6.45, 7) is 2.80. The van der Waals surface area contributed by atoms with Gasteiger partial charge < -0.3 is 9.84 Å². The quantitative estimate of drug-likeness (QED) is 0.688. The van der Waals surface area contributed by atoms with Gasteiger partial charge >= 0.3 is 5.97 Å². The van der Waals surface area contributed by atoms with Gasteiger partial charge in [0.25, 0.3) is 0 Å². The van der Waals surface area contributed by atoms with Gasteiger partial charge in [0.05, 0.1) is 0 Å². The van der Waals surface area contributed by atoms with E-state index in [0.717, 1.165) is 18.4 Å². The van der Waals surface area contributed by atoms with Crippen LogP contribution in [-0.4, -0.2) is 17.7 Å². The summed E-state index contributed by atoms with van der Waals surface area (Å²) < 4.78 is 6.01. The van der Waals surface area contributed by atoms with Crippen LogP contribution in [0.25, 0.3) is 5.57 Å². The Morgan fingerprint density at radius 1 is 1.23 bits per heavy atom. The highest BCUT2D eigenvalue weighted by atomic mass is 35.5. The first-order valence-electron chi connectivity index (χ1n) is 8.95. The summed E-state index contributed by atoms with van der Waals surface area (Å²) in [5.41, 5.74) is 4.85. The molecule has 0 saturated heterocycles. The number of rotatable bonds is 7. The van der Waals surface area contributed by atoms with Crippen molar-refractivity contribution in [1.82, 2.24) is 0 Å². The van der Waals surface area contributed by atoms with Crippen molar-refractivity contribution < 1.29 is 14.6 Å². The second-order valence-electron chi connectivity index (χ2n) is 6.75. The molecule has 0 radical (unpaired) electrons. The number of aryl methyl sites for hydroxylation is 1. The predicted octanol–water partition coefficient (Wildman–Crippen LogP) is 5.62. The van der Waals surface area contributed by atoms with Crippen molar-refractivity contribution in [2.45, 2.75) is 32.6 Å². The molecule has 2 aromatic rings. The maximum atomic E-state index is 10.7. The van der Waals surface area contributed by atoms with E-state index >= 15 is 0 Å². The summed E-state index contributed by atoms with van der Waals surface area (Å²) >= 11 is 6.28. The molecule has 3 rings (SSSR count). The number of allylic oxidation sites excluding steroid dienone is 1. The zero-order valence-corrected chi connectivity index (χ0v) is 15.6. The fourth-order valence-electron chi connectivity index (χ4n) is 3.41. The Hall–Kier alpha value is -2.26. The number of carboxylic acid groups (broad SMARTS) is 1. The van der Waals surface area contributed by atoms with Crippen molar-refractivity contribution in [3.63, 3.8) is 0 Å². The van der Waals surface area contributed by atoms with Crippen LogP contribution in [0.4, 0.5) is 0 Å². The molecule has 26 heavy (non-hydrogen) atoms.